The quantitative estimate of drug-likeness (QED) is 0.475. The summed E-state index contributed by atoms with van der Waals surface area (Å²) in [5.74, 6) is 0.739. The molecule has 0 unspecified atom stereocenters. The van der Waals surface area contributed by atoms with E-state index in [0.29, 0.717) is 5.56 Å². The summed E-state index contributed by atoms with van der Waals surface area (Å²) >= 11 is 0. The van der Waals surface area contributed by atoms with Crippen LogP contribution in [-0.2, 0) is 19.4 Å². The Bertz CT molecular complexity index is 922. The van der Waals surface area contributed by atoms with Gasteiger partial charge in [0.2, 0.25) is 0 Å². The SMILES string of the molecule is CN=C(NCCc1cccc(C(=O)NC)c1)NCC(C)(C)N1CCc2ccccc2C1. The summed E-state index contributed by atoms with van der Waals surface area (Å²) in [6.07, 6.45) is 1.92. The van der Waals surface area contributed by atoms with Gasteiger partial charge in [0.1, 0.15) is 0 Å². The van der Waals surface area contributed by atoms with Crippen LogP contribution in [0.3, 0.4) is 0 Å². The van der Waals surface area contributed by atoms with Gasteiger partial charge in [0.15, 0.2) is 5.96 Å². The number of carbonyl (C=O) groups is 1. The molecule has 3 N–H and O–H groups in total. The standard InChI is InChI=1S/C25H35N5O/c1-25(2,30-15-13-20-9-5-6-10-22(20)17-30)18-29-24(27-4)28-14-12-19-8-7-11-21(16-19)23(31)26-3/h5-11,16H,12-15,17-18H2,1-4H3,(H,26,31)(H2,27,28,29). The average molecular weight is 422 g/mol. The topological polar surface area (TPSA) is 68.8 Å². The van der Waals surface area contributed by atoms with Crippen molar-refractivity contribution in [2.75, 3.05) is 33.7 Å². The molecule has 1 heterocycles. The van der Waals surface area contributed by atoms with Crippen LogP contribution in [0.1, 0.15) is 40.9 Å². The molecule has 31 heavy (non-hydrogen) atoms. The summed E-state index contributed by atoms with van der Waals surface area (Å²) in [5.41, 5.74) is 4.72. The average Bonchev–Trinajstić information content (AvgIpc) is 2.80. The van der Waals surface area contributed by atoms with E-state index in [-0.39, 0.29) is 11.4 Å². The van der Waals surface area contributed by atoms with E-state index < -0.39 is 0 Å². The molecule has 0 saturated carbocycles. The van der Waals surface area contributed by atoms with Crippen LogP contribution in [0.4, 0.5) is 0 Å². The Kier molecular flexibility index (Phi) is 7.69. The molecule has 0 fully saturated rings. The Balaban J connectivity index is 1.48. The van der Waals surface area contributed by atoms with Crippen LogP contribution in [0.15, 0.2) is 53.5 Å². The van der Waals surface area contributed by atoms with Crippen molar-refractivity contribution < 1.29 is 4.79 Å². The van der Waals surface area contributed by atoms with E-state index in [4.69, 9.17) is 0 Å². The van der Waals surface area contributed by atoms with Gasteiger partial charge < -0.3 is 16.0 Å². The normalized spacial score (nSPS) is 14.6. The summed E-state index contributed by atoms with van der Waals surface area (Å²) in [5, 5.41) is 9.55. The van der Waals surface area contributed by atoms with Crippen molar-refractivity contribution in [1.29, 1.82) is 0 Å². The zero-order valence-electron chi connectivity index (χ0n) is 19.2. The van der Waals surface area contributed by atoms with Crippen LogP contribution in [-0.4, -0.2) is 56.0 Å². The lowest BCUT2D eigenvalue weighted by Crippen LogP contribution is -2.54. The minimum Gasteiger partial charge on any atom is -0.356 e. The fourth-order valence-electron chi connectivity index (χ4n) is 3.98. The summed E-state index contributed by atoms with van der Waals surface area (Å²) in [4.78, 5) is 18.7. The van der Waals surface area contributed by atoms with Crippen molar-refractivity contribution in [3.63, 3.8) is 0 Å². The zero-order valence-corrected chi connectivity index (χ0v) is 19.2. The second kappa shape index (κ2) is 10.4. The number of nitrogens with zero attached hydrogens (tertiary/aromatic N) is 2. The van der Waals surface area contributed by atoms with Gasteiger partial charge in [0.25, 0.3) is 5.91 Å². The lowest BCUT2D eigenvalue weighted by Gasteiger charge is -2.42. The van der Waals surface area contributed by atoms with Crippen molar-refractivity contribution in [3.05, 3.63) is 70.8 Å². The first-order valence-electron chi connectivity index (χ1n) is 11.0. The third-order valence-electron chi connectivity index (χ3n) is 6.02. The molecule has 0 aliphatic carbocycles. The Morgan fingerprint density at radius 3 is 2.61 bits per heavy atom. The molecule has 2 aromatic rings. The van der Waals surface area contributed by atoms with Gasteiger partial charge in [0.05, 0.1) is 0 Å². The monoisotopic (exact) mass is 421 g/mol. The fourth-order valence-corrected chi connectivity index (χ4v) is 3.98. The highest BCUT2D eigenvalue weighted by atomic mass is 16.1. The number of hydrogen-bond donors (Lipinski definition) is 3. The molecule has 0 radical (unpaired) electrons. The second-order valence-electron chi connectivity index (χ2n) is 8.63. The van der Waals surface area contributed by atoms with E-state index >= 15 is 0 Å². The van der Waals surface area contributed by atoms with Gasteiger partial charge in [-0.25, -0.2) is 0 Å². The summed E-state index contributed by atoms with van der Waals surface area (Å²) in [7, 11) is 3.45. The molecule has 6 heteroatoms. The van der Waals surface area contributed by atoms with E-state index in [1.807, 2.05) is 24.3 Å². The highest BCUT2D eigenvalue weighted by Gasteiger charge is 2.29. The van der Waals surface area contributed by atoms with Crippen molar-refractivity contribution in [1.82, 2.24) is 20.9 Å². The van der Waals surface area contributed by atoms with Gasteiger partial charge in [-0.15, -0.1) is 0 Å². The number of amides is 1. The zero-order chi connectivity index (χ0) is 22.3. The van der Waals surface area contributed by atoms with E-state index in [0.717, 1.165) is 50.5 Å². The van der Waals surface area contributed by atoms with Gasteiger partial charge in [-0.3, -0.25) is 14.7 Å². The van der Waals surface area contributed by atoms with Gasteiger partial charge in [-0.05, 0) is 55.5 Å². The number of nitrogens with one attached hydrogen (secondary N) is 3. The number of fused-ring (bicyclic) bond motifs is 1. The Hall–Kier alpha value is -2.86. The maximum absolute atomic E-state index is 11.8. The lowest BCUT2D eigenvalue weighted by atomic mass is 9.94. The molecule has 166 valence electrons. The summed E-state index contributed by atoms with van der Waals surface area (Å²) < 4.78 is 0. The predicted octanol–water partition coefficient (Wildman–Crippen LogP) is 2.59. The summed E-state index contributed by atoms with van der Waals surface area (Å²) in [6.45, 7) is 8.17. The Morgan fingerprint density at radius 2 is 1.87 bits per heavy atom. The first-order valence-corrected chi connectivity index (χ1v) is 11.0. The Labute approximate surface area is 186 Å². The van der Waals surface area contributed by atoms with Gasteiger partial charge in [-0.1, -0.05) is 36.4 Å². The molecule has 3 rings (SSSR count). The number of hydrogen-bond acceptors (Lipinski definition) is 3. The maximum Gasteiger partial charge on any atom is 0.251 e. The number of benzene rings is 2. The minimum absolute atomic E-state index is 0.00694. The predicted molar refractivity (Wildman–Crippen MR) is 128 cm³/mol. The van der Waals surface area contributed by atoms with Crippen molar-refractivity contribution in [2.45, 2.75) is 38.8 Å². The second-order valence-corrected chi connectivity index (χ2v) is 8.63. The molecule has 2 aromatic carbocycles. The minimum atomic E-state index is -0.0603. The van der Waals surface area contributed by atoms with Crippen LogP contribution in [0.2, 0.25) is 0 Å². The van der Waals surface area contributed by atoms with Gasteiger partial charge >= 0.3 is 0 Å². The number of guanidine groups is 1. The number of carbonyl (C=O) groups excluding carboxylic acids is 1. The van der Waals surface area contributed by atoms with Crippen LogP contribution >= 0.6 is 0 Å². The Morgan fingerprint density at radius 1 is 1.10 bits per heavy atom. The molecule has 0 atom stereocenters. The van der Waals surface area contributed by atoms with E-state index in [9.17, 15) is 4.79 Å². The molecule has 1 amide bonds. The summed E-state index contributed by atoms with van der Waals surface area (Å²) in [6, 6.07) is 16.5. The third-order valence-corrected chi connectivity index (χ3v) is 6.02. The van der Waals surface area contributed by atoms with E-state index in [1.165, 1.54) is 11.1 Å². The largest absolute Gasteiger partial charge is 0.356 e. The molecule has 1 aliphatic rings. The van der Waals surface area contributed by atoms with Crippen molar-refractivity contribution in [2.24, 2.45) is 4.99 Å². The first-order chi connectivity index (χ1) is 14.9. The number of aliphatic imine (C=N–C) groups is 1. The van der Waals surface area contributed by atoms with E-state index in [1.54, 1.807) is 14.1 Å². The first kappa shape index (κ1) is 22.8. The van der Waals surface area contributed by atoms with Gasteiger partial charge in [0, 0.05) is 51.4 Å². The van der Waals surface area contributed by atoms with Crippen molar-refractivity contribution in [3.8, 4) is 0 Å². The highest BCUT2D eigenvalue weighted by molar-refractivity contribution is 5.94. The fraction of sp³-hybridized carbons (Fsp3) is 0.440. The lowest BCUT2D eigenvalue weighted by molar-refractivity contribution is 0.0963. The molecule has 0 saturated heterocycles. The molecule has 0 spiro atoms. The molecule has 1 aliphatic heterocycles. The maximum atomic E-state index is 11.8. The smallest absolute Gasteiger partial charge is 0.251 e. The van der Waals surface area contributed by atoms with E-state index in [2.05, 4.69) is 64.0 Å². The molecular weight excluding hydrogens is 386 g/mol. The van der Waals surface area contributed by atoms with Gasteiger partial charge in [-0.2, -0.15) is 0 Å². The van der Waals surface area contributed by atoms with Crippen molar-refractivity contribution >= 4 is 11.9 Å². The molecule has 0 bridgehead atoms. The van der Waals surface area contributed by atoms with Crippen LogP contribution < -0.4 is 16.0 Å². The highest BCUT2D eigenvalue weighted by Crippen LogP contribution is 2.24. The molecular formula is C25H35N5O. The molecule has 0 aromatic heterocycles. The van der Waals surface area contributed by atoms with Crippen LogP contribution in [0, 0.1) is 0 Å². The van der Waals surface area contributed by atoms with Crippen LogP contribution in [0.25, 0.3) is 0 Å². The number of rotatable bonds is 7. The third kappa shape index (κ3) is 6.07. The van der Waals surface area contributed by atoms with Crippen LogP contribution in [0.5, 0.6) is 0 Å². The molecule has 6 nitrogen and oxygen atoms in total.